The number of nitrogens with zero attached hydrogens (tertiary/aromatic N) is 1. The Morgan fingerprint density at radius 2 is 1.80 bits per heavy atom. The van der Waals surface area contributed by atoms with Crippen molar-refractivity contribution in [2.24, 2.45) is 0 Å². The highest BCUT2D eigenvalue weighted by Gasteiger charge is 2.28. The molecule has 1 N–H and O–H groups in total. The van der Waals surface area contributed by atoms with Crippen LogP contribution in [-0.4, -0.2) is 31.1 Å². The number of aryl methyl sites for hydroxylation is 1. The number of aliphatic carboxylic acids is 1. The Morgan fingerprint density at radius 3 is 2.60 bits per heavy atom. The number of hydrogen-bond donors (Lipinski definition) is 1. The summed E-state index contributed by atoms with van der Waals surface area (Å²) in [7, 11) is -3.78. The van der Waals surface area contributed by atoms with Gasteiger partial charge in [0.1, 0.15) is 11.6 Å². The van der Waals surface area contributed by atoms with Gasteiger partial charge in [-0.25, -0.2) is 22.6 Å². The molecule has 1 aromatic heterocycles. The number of rotatable bonds is 7. The van der Waals surface area contributed by atoms with E-state index in [1.165, 1.54) is 12.1 Å². The second-order valence-corrected chi connectivity index (χ2v) is 11.4. The number of halogens is 1. The molecule has 9 heteroatoms. The first kappa shape index (κ1) is 23.2. The summed E-state index contributed by atoms with van der Waals surface area (Å²) < 4.78 is 46.1. The number of carboxylic acid groups (broad SMARTS) is 1. The Balaban J connectivity index is 1.48. The zero-order chi connectivity index (χ0) is 24.6. The lowest BCUT2D eigenvalue weighted by molar-refractivity contribution is -0.139. The number of fused-ring (bicyclic) bond motifs is 3. The van der Waals surface area contributed by atoms with Crippen LogP contribution in [0.3, 0.4) is 0 Å². The van der Waals surface area contributed by atoms with Crippen LogP contribution in [0.15, 0.2) is 71.1 Å². The molecule has 1 aliphatic carbocycles. The minimum absolute atomic E-state index is 0.0289. The van der Waals surface area contributed by atoms with E-state index in [4.69, 9.17) is 9.84 Å². The van der Waals surface area contributed by atoms with Crippen LogP contribution in [0.5, 0.6) is 5.75 Å². The van der Waals surface area contributed by atoms with E-state index in [9.17, 15) is 17.6 Å². The van der Waals surface area contributed by atoms with Crippen LogP contribution in [0.1, 0.15) is 16.0 Å². The van der Waals surface area contributed by atoms with E-state index in [1.54, 1.807) is 48.5 Å². The Labute approximate surface area is 205 Å². The molecule has 0 spiro atoms. The van der Waals surface area contributed by atoms with Crippen LogP contribution in [0.2, 0.25) is 0 Å². The lowest BCUT2D eigenvalue weighted by atomic mass is 9.93. The van der Waals surface area contributed by atoms with Crippen molar-refractivity contribution in [3.05, 3.63) is 88.6 Å². The largest absolute Gasteiger partial charge is 0.482 e. The molecule has 4 aromatic rings. The van der Waals surface area contributed by atoms with Gasteiger partial charge in [0.05, 0.1) is 11.4 Å². The summed E-state index contributed by atoms with van der Waals surface area (Å²) in [4.78, 5) is 16.3. The second kappa shape index (κ2) is 9.24. The molecule has 1 aliphatic rings. The number of thiazole rings is 1. The topological polar surface area (TPSA) is 93.6 Å². The van der Waals surface area contributed by atoms with Gasteiger partial charge in [0, 0.05) is 16.0 Å². The van der Waals surface area contributed by atoms with Gasteiger partial charge < -0.3 is 9.84 Å². The highest BCUT2D eigenvalue weighted by atomic mass is 32.2. The molecule has 0 amide bonds. The number of ether oxygens (including phenoxy) is 1. The van der Waals surface area contributed by atoms with Gasteiger partial charge in [0.25, 0.3) is 0 Å². The molecule has 0 saturated carbocycles. The molecule has 0 fully saturated rings. The summed E-state index contributed by atoms with van der Waals surface area (Å²) in [6.07, 6.45) is 1.19. The van der Waals surface area contributed by atoms with E-state index in [0.29, 0.717) is 41.0 Å². The quantitative estimate of drug-likeness (QED) is 0.370. The average Bonchev–Trinajstić information content (AvgIpc) is 3.29. The van der Waals surface area contributed by atoms with Gasteiger partial charge in [-0.15, -0.1) is 11.3 Å². The van der Waals surface area contributed by atoms with Crippen LogP contribution in [0.4, 0.5) is 4.39 Å². The first-order valence-electron chi connectivity index (χ1n) is 10.8. The summed E-state index contributed by atoms with van der Waals surface area (Å²) in [5.41, 5.74) is 4.00. The molecule has 0 aliphatic heterocycles. The molecule has 0 saturated heterocycles. The fourth-order valence-electron chi connectivity index (χ4n) is 4.25. The number of sulfone groups is 1. The molecule has 35 heavy (non-hydrogen) atoms. The molecule has 1 heterocycles. The third kappa shape index (κ3) is 4.69. The van der Waals surface area contributed by atoms with Crippen LogP contribution >= 0.6 is 11.3 Å². The van der Waals surface area contributed by atoms with Gasteiger partial charge >= 0.3 is 5.97 Å². The van der Waals surface area contributed by atoms with E-state index in [-0.39, 0.29) is 10.1 Å². The second-order valence-electron chi connectivity index (χ2n) is 8.14. The van der Waals surface area contributed by atoms with E-state index >= 15 is 0 Å². The maximum atomic E-state index is 13.8. The standard InChI is InChI=1S/C26H20FNO5S2/c27-18-7-3-6-16(13-18)19-8-2-1-5-17(19)15-35(31,32)26-28-25-21-9-4-10-22(33-14-24(29)30)20(21)11-12-23(25)34-26/h1-10,13H,11-12,14-15H2,(H,29,30). The summed E-state index contributed by atoms with van der Waals surface area (Å²) in [5, 5.41) is 8.94. The minimum Gasteiger partial charge on any atom is -0.482 e. The van der Waals surface area contributed by atoms with Crippen molar-refractivity contribution < 1.29 is 27.4 Å². The maximum Gasteiger partial charge on any atom is 0.341 e. The van der Waals surface area contributed by atoms with Crippen LogP contribution in [0.25, 0.3) is 22.4 Å². The molecule has 0 radical (unpaired) electrons. The number of benzene rings is 3. The Morgan fingerprint density at radius 1 is 1.03 bits per heavy atom. The van der Waals surface area contributed by atoms with Crippen molar-refractivity contribution in [2.45, 2.75) is 22.9 Å². The van der Waals surface area contributed by atoms with Crippen LogP contribution < -0.4 is 4.74 Å². The molecule has 6 nitrogen and oxygen atoms in total. The van der Waals surface area contributed by atoms with Crippen molar-refractivity contribution in [1.29, 1.82) is 0 Å². The lowest BCUT2D eigenvalue weighted by Gasteiger charge is -2.18. The fourth-order valence-corrected chi connectivity index (χ4v) is 7.06. The zero-order valence-corrected chi connectivity index (χ0v) is 20.0. The van der Waals surface area contributed by atoms with Crippen LogP contribution in [-0.2, 0) is 33.2 Å². The molecular formula is C26H20FNO5S2. The minimum atomic E-state index is -3.78. The smallest absolute Gasteiger partial charge is 0.341 e. The molecule has 0 unspecified atom stereocenters. The SMILES string of the molecule is O=C(O)COc1cccc2c1CCc1sc(S(=O)(=O)Cc3ccccc3-c3cccc(F)c3)nc1-2. The highest BCUT2D eigenvalue weighted by molar-refractivity contribution is 7.92. The lowest BCUT2D eigenvalue weighted by Crippen LogP contribution is -2.12. The van der Waals surface area contributed by atoms with E-state index in [2.05, 4.69) is 4.98 Å². The Bertz CT molecular complexity index is 1550. The highest BCUT2D eigenvalue weighted by Crippen LogP contribution is 2.41. The summed E-state index contributed by atoms with van der Waals surface area (Å²) in [6.45, 7) is -0.454. The van der Waals surface area contributed by atoms with E-state index in [0.717, 1.165) is 27.3 Å². The average molecular weight is 510 g/mol. The molecule has 178 valence electrons. The van der Waals surface area contributed by atoms with Gasteiger partial charge in [-0.3, -0.25) is 0 Å². The Hall–Kier alpha value is -3.56. The molecule has 0 atom stereocenters. The van der Waals surface area contributed by atoms with Gasteiger partial charge in [-0.1, -0.05) is 48.5 Å². The van der Waals surface area contributed by atoms with Crippen molar-refractivity contribution in [3.63, 3.8) is 0 Å². The van der Waals surface area contributed by atoms with Crippen molar-refractivity contribution in [3.8, 4) is 28.1 Å². The van der Waals surface area contributed by atoms with Crippen molar-refractivity contribution in [1.82, 2.24) is 4.98 Å². The van der Waals surface area contributed by atoms with Crippen LogP contribution in [0, 0.1) is 5.82 Å². The van der Waals surface area contributed by atoms with Crippen molar-refractivity contribution >= 4 is 27.1 Å². The van der Waals surface area contributed by atoms with Gasteiger partial charge in [0.15, 0.2) is 6.61 Å². The van der Waals surface area contributed by atoms with Gasteiger partial charge in [0.2, 0.25) is 14.2 Å². The molecule has 3 aromatic carbocycles. The fraction of sp³-hybridized carbons (Fsp3) is 0.154. The predicted octanol–water partition coefficient (Wildman–Crippen LogP) is 5.15. The van der Waals surface area contributed by atoms with Gasteiger partial charge in [-0.2, -0.15) is 0 Å². The zero-order valence-electron chi connectivity index (χ0n) is 18.4. The summed E-state index contributed by atoms with van der Waals surface area (Å²) >= 11 is 1.16. The maximum absolute atomic E-state index is 13.8. The van der Waals surface area contributed by atoms with E-state index in [1.807, 2.05) is 6.07 Å². The monoisotopic (exact) mass is 509 g/mol. The summed E-state index contributed by atoms with van der Waals surface area (Å²) in [5.74, 6) is -1.25. The number of aromatic nitrogens is 1. The summed E-state index contributed by atoms with van der Waals surface area (Å²) in [6, 6.07) is 18.4. The number of hydrogen-bond acceptors (Lipinski definition) is 6. The molecular weight excluding hydrogens is 489 g/mol. The first-order chi connectivity index (χ1) is 16.8. The normalized spacial score (nSPS) is 12.6. The third-order valence-electron chi connectivity index (χ3n) is 5.78. The molecule has 0 bridgehead atoms. The predicted molar refractivity (Wildman–Crippen MR) is 131 cm³/mol. The molecule has 5 rings (SSSR count). The van der Waals surface area contributed by atoms with Crippen molar-refractivity contribution in [2.75, 3.05) is 6.61 Å². The number of carboxylic acids is 1. The Kier molecular flexibility index (Phi) is 6.12. The number of carbonyl (C=O) groups is 1. The van der Waals surface area contributed by atoms with Gasteiger partial charge in [-0.05, 0) is 47.7 Å². The first-order valence-corrected chi connectivity index (χ1v) is 13.3. The van der Waals surface area contributed by atoms with E-state index < -0.39 is 28.2 Å². The third-order valence-corrected chi connectivity index (χ3v) is 9.02.